The molecule has 0 radical (unpaired) electrons. The van der Waals surface area contributed by atoms with E-state index in [4.69, 9.17) is 18.9 Å². The molecule has 0 spiro atoms. The summed E-state index contributed by atoms with van der Waals surface area (Å²) >= 11 is 0. The molecule has 0 N–H and O–H groups in total. The third kappa shape index (κ3) is 5.21. The van der Waals surface area contributed by atoms with Gasteiger partial charge in [-0.1, -0.05) is 32.1 Å². The van der Waals surface area contributed by atoms with E-state index in [0.29, 0.717) is 6.42 Å². The minimum Gasteiger partial charge on any atom is -0.493 e. The monoisotopic (exact) mass is 432 g/mol. The number of likely N-dealkylation sites (tertiary alicyclic amines) is 1. The first-order chi connectivity index (χ1) is 15.2. The Balaban J connectivity index is 1.47. The van der Waals surface area contributed by atoms with E-state index in [1.165, 1.54) is 32.1 Å². The lowest BCUT2D eigenvalue weighted by molar-refractivity contribution is -0.234. The first kappa shape index (κ1) is 22.5. The summed E-state index contributed by atoms with van der Waals surface area (Å²) in [5.74, 6) is 2.36. The van der Waals surface area contributed by atoms with Crippen LogP contribution in [0.3, 0.4) is 0 Å². The van der Waals surface area contributed by atoms with E-state index in [-0.39, 0.29) is 25.5 Å². The Labute approximate surface area is 185 Å². The molecular weight excluding hydrogens is 396 g/mol. The fraction of sp³-hybridized carbons (Fsp3) is 0.750. The Morgan fingerprint density at radius 2 is 1.90 bits per heavy atom. The van der Waals surface area contributed by atoms with Crippen LogP contribution in [0.1, 0.15) is 57.1 Å². The van der Waals surface area contributed by atoms with E-state index in [0.717, 1.165) is 49.1 Å². The van der Waals surface area contributed by atoms with Crippen LogP contribution in [0.25, 0.3) is 0 Å². The highest BCUT2D eigenvalue weighted by Crippen LogP contribution is 2.42. The van der Waals surface area contributed by atoms with Crippen molar-refractivity contribution >= 4 is 5.91 Å². The number of rotatable bonds is 14. The maximum absolute atomic E-state index is 13.3. The normalized spacial score (nSPS) is 25.9. The molecule has 2 atom stereocenters. The van der Waals surface area contributed by atoms with E-state index in [2.05, 4.69) is 4.98 Å². The quantitative estimate of drug-likeness (QED) is 0.331. The number of carbonyl (C=O) groups excluding carboxylic acids is 1. The second kappa shape index (κ2) is 10.3. The van der Waals surface area contributed by atoms with Gasteiger partial charge in [0, 0.05) is 38.6 Å². The van der Waals surface area contributed by atoms with Gasteiger partial charge in [0.15, 0.2) is 5.60 Å². The number of hydrogen-bond donors (Lipinski definition) is 0. The zero-order valence-corrected chi connectivity index (χ0v) is 18.9. The van der Waals surface area contributed by atoms with Gasteiger partial charge in [0.05, 0.1) is 12.6 Å². The van der Waals surface area contributed by atoms with Crippen molar-refractivity contribution < 1.29 is 23.7 Å². The smallest absolute Gasteiger partial charge is 0.259 e. The van der Waals surface area contributed by atoms with Crippen LogP contribution >= 0.6 is 0 Å². The third-order valence-electron chi connectivity index (χ3n) is 7.04. The van der Waals surface area contributed by atoms with Crippen molar-refractivity contribution in [3.8, 4) is 5.75 Å². The minimum atomic E-state index is -0.960. The molecule has 1 aliphatic heterocycles. The maximum atomic E-state index is 13.3. The largest absolute Gasteiger partial charge is 0.493 e. The van der Waals surface area contributed by atoms with Crippen molar-refractivity contribution in [2.45, 2.75) is 69.4 Å². The second-order valence-electron chi connectivity index (χ2n) is 9.26. The molecule has 0 bridgehead atoms. The molecule has 7 nitrogen and oxygen atoms in total. The fourth-order valence-electron chi connectivity index (χ4n) is 4.79. The molecule has 4 rings (SSSR count). The molecule has 2 heterocycles. The number of carbonyl (C=O) groups is 1. The lowest BCUT2D eigenvalue weighted by Crippen LogP contribution is -2.76. The summed E-state index contributed by atoms with van der Waals surface area (Å²) in [5, 5.41) is 0. The van der Waals surface area contributed by atoms with Crippen molar-refractivity contribution in [2.24, 2.45) is 11.8 Å². The number of β-lactam (4-membered cyclic amide) rings is 1. The van der Waals surface area contributed by atoms with Gasteiger partial charge < -0.3 is 23.8 Å². The average Bonchev–Trinajstić information content (AvgIpc) is 3.56. The highest BCUT2D eigenvalue weighted by molar-refractivity contribution is 5.93. The lowest BCUT2D eigenvalue weighted by Gasteiger charge is -2.55. The van der Waals surface area contributed by atoms with E-state index < -0.39 is 5.60 Å². The fourth-order valence-corrected chi connectivity index (χ4v) is 4.79. The van der Waals surface area contributed by atoms with Gasteiger partial charge in [-0.3, -0.25) is 9.78 Å². The van der Waals surface area contributed by atoms with Gasteiger partial charge in [-0.2, -0.15) is 0 Å². The molecular formula is C24H36N2O5. The summed E-state index contributed by atoms with van der Waals surface area (Å²) in [4.78, 5) is 19.6. The van der Waals surface area contributed by atoms with Gasteiger partial charge >= 0.3 is 0 Å². The summed E-state index contributed by atoms with van der Waals surface area (Å²) < 4.78 is 22.6. The molecule has 0 unspecified atom stereocenters. The van der Waals surface area contributed by atoms with Gasteiger partial charge in [0.1, 0.15) is 19.3 Å². The van der Waals surface area contributed by atoms with Crippen molar-refractivity contribution in [3.63, 3.8) is 0 Å². The molecule has 0 aromatic carbocycles. The van der Waals surface area contributed by atoms with Gasteiger partial charge in [0.25, 0.3) is 5.91 Å². The van der Waals surface area contributed by atoms with Gasteiger partial charge in [0.2, 0.25) is 0 Å². The van der Waals surface area contributed by atoms with Gasteiger partial charge in [-0.15, -0.1) is 0 Å². The Morgan fingerprint density at radius 3 is 2.58 bits per heavy atom. The van der Waals surface area contributed by atoms with E-state index in [1.807, 2.05) is 12.1 Å². The number of hydrogen-bond acceptors (Lipinski definition) is 6. The Bertz CT molecular complexity index is 736. The summed E-state index contributed by atoms with van der Waals surface area (Å²) in [6.07, 6.45) is 11.8. The summed E-state index contributed by atoms with van der Waals surface area (Å²) in [6.45, 7) is 1.08. The van der Waals surface area contributed by atoms with Crippen LogP contribution in [0.4, 0.5) is 0 Å². The van der Waals surface area contributed by atoms with Crippen LogP contribution in [-0.2, 0) is 25.4 Å². The zero-order chi connectivity index (χ0) is 21.7. The van der Waals surface area contributed by atoms with Crippen LogP contribution in [0.5, 0.6) is 5.75 Å². The molecule has 1 amide bonds. The first-order valence-corrected chi connectivity index (χ1v) is 11.7. The van der Waals surface area contributed by atoms with E-state index >= 15 is 0 Å². The third-order valence-corrected chi connectivity index (χ3v) is 7.04. The predicted molar refractivity (Wildman–Crippen MR) is 116 cm³/mol. The average molecular weight is 433 g/mol. The molecule has 1 aromatic rings. The van der Waals surface area contributed by atoms with Gasteiger partial charge in [-0.05, 0) is 37.2 Å². The Kier molecular flexibility index (Phi) is 7.46. The van der Waals surface area contributed by atoms with Crippen molar-refractivity contribution in [2.75, 3.05) is 34.4 Å². The number of aromatic nitrogens is 1. The molecule has 1 aromatic heterocycles. The minimum absolute atomic E-state index is 0.0445. The summed E-state index contributed by atoms with van der Waals surface area (Å²) in [5.41, 5.74) is -0.156. The second-order valence-corrected chi connectivity index (χ2v) is 9.26. The first-order valence-electron chi connectivity index (χ1n) is 11.7. The van der Waals surface area contributed by atoms with Crippen molar-refractivity contribution in [1.29, 1.82) is 0 Å². The SMILES string of the molecule is COCO[C@@]1(Cc2cc(OCCC3CC3)ccn2)C(=O)N(COC)[C@H]1CCC1CCC1. The zero-order valence-electron chi connectivity index (χ0n) is 18.9. The van der Waals surface area contributed by atoms with E-state index in [1.54, 1.807) is 25.3 Å². The highest BCUT2D eigenvalue weighted by Gasteiger charge is 2.61. The molecule has 7 heteroatoms. The summed E-state index contributed by atoms with van der Waals surface area (Å²) in [6, 6.07) is 3.78. The molecule has 3 aliphatic rings. The Morgan fingerprint density at radius 1 is 1.10 bits per heavy atom. The molecule has 2 saturated carbocycles. The lowest BCUT2D eigenvalue weighted by atomic mass is 9.73. The number of methoxy groups -OCH3 is 2. The van der Waals surface area contributed by atoms with Crippen LogP contribution in [0.2, 0.25) is 0 Å². The van der Waals surface area contributed by atoms with Crippen LogP contribution in [0.15, 0.2) is 18.3 Å². The van der Waals surface area contributed by atoms with Gasteiger partial charge in [-0.25, -0.2) is 0 Å². The number of amides is 1. The molecule has 172 valence electrons. The topological polar surface area (TPSA) is 70.1 Å². The standard InChI is InChI=1S/C24H36N2O5/c1-28-16-26-22(9-8-18-4-3-5-18)24(23(26)27,31-17-29-2)15-20-14-21(10-12-25-20)30-13-11-19-6-7-19/h10,12,14,18-19,22H,3-9,11,13,15-17H2,1-2H3/t22-,24+/m0/s1. The number of ether oxygens (including phenoxy) is 4. The van der Waals surface area contributed by atoms with E-state index in [9.17, 15) is 4.79 Å². The number of nitrogens with zero attached hydrogens (tertiary/aromatic N) is 2. The summed E-state index contributed by atoms with van der Waals surface area (Å²) in [7, 11) is 3.20. The van der Waals surface area contributed by atoms with Crippen LogP contribution in [0, 0.1) is 11.8 Å². The van der Waals surface area contributed by atoms with Crippen molar-refractivity contribution in [3.05, 3.63) is 24.0 Å². The molecule has 31 heavy (non-hydrogen) atoms. The van der Waals surface area contributed by atoms with Crippen LogP contribution in [-0.4, -0.2) is 61.8 Å². The van der Waals surface area contributed by atoms with Crippen LogP contribution < -0.4 is 4.74 Å². The maximum Gasteiger partial charge on any atom is 0.259 e. The molecule has 2 aliphatic carbocycles. The Hall–Kier alpha value is -1.70. The number of pyridine rings is 1. The molecule has 3 fully saturated rings. The highest BCUT2D eigenvalue weighted by atomic mass is 16.7. The predicted octanol–water partition coefficient (Wildman–Crippen LogP) is 3.56. The van der Waals surface area contributed by atoms with Crippen molar-refractivity contribution in [1.82, 2.24) is 9.88 Å². The molecule has 1 saturated heterocycles.